The zero-order valence-electron chi connectivity index (χ0n) is 10.4. The summed E-state index contributed by atoms with van der Waals surface area (Å²) in [6.45, 7) is 4.30. The van der Waals surface area contributed by atoms with Gasteiger partial charge in [-0.25, -0.2) is 15.0 Å². The van der Waals surface area contributed by atoms with Crippen LogP contribution in [-0.4, -0.2) is 19.5 Å². The Kier molecular flexibility index (Phi) is 2.55. The average Bonchev–Trinajstić information content (AvgIpc) is 2.82. The number of imidazole rings is 1. The fourth-order valence-electron chi connectivity index (χ4n) is 2.06. The molecule has 0 fully saturated rings. The average molecular weight is 238 g/mol. The predicted molar refractivity (Wildman–Crippen MR) is 71.1 cm³/mol. The fourth-order valence-corrected chi connectivity index (χ4v) is 2.06. The van der Waals surface area contributed by atoms with Gasteiger partial charge in [-0.3, -0.25) is 0 Å². The molecule has 0 bridgehead atoms. The molecule has 0 radical (unpaired) electrons. The molecule has 3 aromatic rings. The van der Waals surface area contributed by atoms with Gasteiger partial charge in [0.15, 0.2) is 0 Å². The summed E-state index contributed by atoms with van der Waals surface area (Å²) in [6.07, 6.45) is 5.21. The van der Waals surface area contributed by atoms with Gasteiger partial charge in [0.05, 0.1) is 23.1 Å². The van der Waals surface area contributed by atoms with E-state index < -0.39 is 0 Å². The normalized spacial score (nSPS) is 11.3. The molecule has 2 heterocycles. The first-order valence-electron chi connectivity index (χ1n) is 5.98. The highest BCUT2D eigenvalue weighted by atomic mass is 15.1. The van der Waals surface area contributed by atoms with Crippen molar-refractivity contribution in [3.05, 3.63) is 43.1 Å². The van der Waals surface area contributed by atoms with E-state index in [-0.39, 0.29) is 0 Å². The van der Waals surface area contributed by atoms with Crippen LogP contribution in [0, 0.1) is 0 Å². The fraction of sp³-hybridized carbons (Fsp3) is 0.214. The number of benzene rings is 1. The van der Waals surface area contributed by atoms with Crippen molar-refractivity contribution >= 4 is 11.0 Å². The molecule has 4 nitrogen and oxygen atoms in total. The zero-order chi connectivity index (χ0) is 12.5. The molecule has 0 atom stereocenters. The maximum absolute atomic E-state index is 4.40. The lowest BCUT2D eigenvalue weighted by Crippen LogP contribution is -1.98. The molecule has 0 aliphatic rings. The minimum absolute atomic E-state index is 0.399. The highest BCUT2D eigenvalue weighted by Gasteiger charge is 2.07. The van der Waals surface area contributed by atoms with Crippen LogP contribution < -0.4 is 0 Å². The highest BCUT2D eigenvalue weighted by Crippen LogP contribution is 2.23. The number of nitrogens with zero attached hydrogens (tertiary/aromatic N) is 4. The maximum Gasteiger partial charge on any atom is 0.116 e. The van der Waals surface area contributed by atoms with Crippen LogP contribution in [0.2, 0.25) is 0 Å². The third-order valence-corrected chi connectivity index (χ3v) is 3.01. The molecule has 0 N–H and O–H groups in total. The predicted octanol–water partition coefficient (Wildman–Crippen LogP) is 3.07. The Morgan fingerprint density at radius 1 is 1.11 bits per heavy atom. The van der Waals surface area contributed by atoms with Crippen LogP contribution in [0.4, 0.5) is 0 Å². The minimum Gasteiger partial charge on any atom is -0.328 e. The number of aromatic nitrogens is 4. The molecule has 2 aromatic heterocycles. The Morgan fingerprint density at radius 2 is 2.00 bits per heavy atom. The third-order valence-electron chi connectivity index (χ3n) is 3.01. The van der Waals surface area contributed by atoms with Gasteiger partial charge in [0.1, 0.15) is 6.33 Å². The van der Waals surface area contributed by atoms with E-state index in [1.54, 1.807) is 12.5 Å². The number of fused-ring (bicyclic) bond motifs is 1. The second kappa shape index (κ2) is 4.22. The van der Waals surface area contributed by atoms with Crippen LogP contribution in [-0.2, 0) is 0 Å². The summed E-state index contributed by atoms with van der Waals surface area (Å²) in [7, 11) is 0. The second-order valence-electron chi connectivity index (χ2n) is 4.54. The van der Waals surface area contributed by atoms with Crippen molar-refractivity contribution < 1.29 is 0 Å². The van der Waals surface area contributed by atoms with E-state index in [0.29, 0.717) is 6.04 Å². The zero-order valence-corrected chi connectivity index (χ0v) is 10.4. The van der Waals surface area contributed by atoms with Crippen LogP contribution in [0.25, 0.3) is 22.3 Å². The molecule has 90 valence electrons. The molecule has 0 aliphatic heterocycles. The Hall–Kier alpha value is -2.23. The van der Waals surface area contributed by atoms with Crippen LogP contribution in [0.1, 0.15) is 19.9 Å². The van der Waals surface area contributed by atoms with Crippen molar-refractivity contribution in [2.45, 2.75) is 19.9 Å². The van der Waals surface area contributed by atoms with Gasteiger partial charge < -0.3 is 4.57 Å². The van der Waals surface area contributed by atoms with E-state index in [9.17, 15) is 0 Å². The Balaban J connectivity index is 2.18. The van der Waals surface area contributed by atoms with E-state index in [1.807, 2.05) is 24.5 Å². The smallest absolute Gasteiger partial charge is 0.116 e. The van der Waals surface area contributed by atoms with E-state index in [2.05, 4.69) is 39.4 Å². The molecule has 0 saturated carbocycles. The number of rotatable bonds is 2. The molecule has 0 saturated heterocycles. The van der Waals surface area contributed by atoms with E-state index in [4.69, 9.17) is 0 Å². The van der Waals surface area contributed by atoms with Crippen molar-refractivity contribution in [3.8, 4) is 11.3 Å². The van der Waals surface area contributed by atoms with Gasteiger partial charge in [-0.2, -0.15) is 0 Å². The standard InChI is InChI=1S/C14H14N4/c1-10(2)18-9-17-13-4-3-11(7-14(13)18)12-5-6-15-8-16-12/h3-10H,1-2H3. The summed E-state index contributed by atoms with van der Waals surface area (Å²) in [4.78, 5) is 12.6. The van der Waals surface area contributed by atoms with Gasteiger partial charge in [0, 0.05) is 17.8 Å². The van der Waals surface area contributed by atoms with Crippen molar-refractivity contribution in [3.63, 3.8) is 0 Å². The largest absolute Gasteiger partial charge is 0.328 e. The van der Waals surface area contributed by atoms with Gasteiger partial charge in [-0.15, -0.1) is 0 Å². The van der Waals surface area contributed by atoms with Crippen LogP contribution >= 0.6 is 0 Å². The van der Waals surface area contributed by atoms with Gasteiger partial charge in [-0.05, 0) is 32.0 Å². The van der Waals surface area contributed by atoms with E-state index >= 15 is 0 Å². The summed E-state index contributed by atoms with van der Waals surface area (Å²) < 4.78 is 2.17. The molecule has 18 heavy (non-hydrogen) atoms. The number of hydrogen-bond donors (Lipinski definition) is 0. The molecule has 0 aliphatic carbocycles. The lowest BCUT2D eigenvalue weighted by molar-refractivity contribution is 0.617. The summed E-state index contributed by atoms with van der Waals surface area (Å²) in [5.41, 5.74) is 4.18. The Bertz CT molecular complexity index is 671. The molecule has 3 rings (SSSR count). The van der Waals surface area contributed by atoms with Gasteiger partial charge in [-0.1, -0.05) is 6.07 Å². The molecule has 0 amide bonds. The van der Waals surface area contributed by atoms with Crippen molar-refractivity contribution in [1.82, 2.24) is 19.5 Å². The summed E-state index contributed by atoms with van der Waals surface area (Å²) in [5.74, 6) is 0. The third kappa shape index (κ3) is 1.76. The van der Waals surface area contributed by atoms with Crippen molar-refractivity contribution in [2.24, 2.45) is 0 Å². The minimum atomic E-state index is 0.399. The van der Waals surface area contributed by atoms with Crippen LogP contribution in [0.3, 0.4) is 0 Å². The number of hydrogen-bond acceptors (Lipinski definition) is 3. The summed E-state index contributed by atoms with van der Waals surface area (Å²) in [6, 6.07) is 8.52. The summed E-state index contributed by atoms with van der Waals surface area (Å²) in [5, 5.41) is 0. The first kappa shape index (κ1) is 10.9. The molecule has 0 spiro atoms. The second-order valence-corrected chi connectivity index (χ2v) is 4.54. The Morgan fingerprint density at radius 3 is 2.72 bits per heavy atom. The summed E-state index contributed by atoms with van der Waals surface area (Å²) >= 11 is 0. The van der Waals surface area contributed by atoms with E-state index in [1.165, 1.54) is 0 Å². The first-order chi connectivity index (χ1) is 8.75. The SMILES string of the molecule is CC(C)n1cnc2ccc(-c3ccncn3)cc21. The van der Waals surface area contributed by atoms with Gasteiger partial charge in [0.2, 0.25) is 0 Å². The van der Waals surface area contributed by atoms with Crippen molar-refractivity contribution in [1.29, 1.82) is 0 Å². The van der Waals surface area contributed by atoms with Crippen LogP contribution in [0.5, 0.6) is 0 Å². The quantitative estimate of drug-likeness (QED) is 0.689. The van der Waals surface area contributed by atoms with Crippen LogP contribution in [0.15, 0.2) is 43.1 Å². The molecule has 0 unspecified atom stereocenters. The van der Waals surface area contributed by atoms with Crippen molar-refractivity contribution in [2.75, 3.05) is 0 Å². The highest BCUT2D eigenvalue weighted by molar-refractivity contribution is 5.81. The molecular weight excluding hydrogens is 224 g/mol. The molecular formula is C14H14N4. The topological polar surface area (TPSA) is 43.6 Å². The Labute approximate surface area is 105 Å². The van der Waals surface area contributed by atoms with Gasteiger partial charge >= 0.3 is 0 Å². The van der Waals surface area contributed by atoms with E-state index in [0.717, 1.165) is 22.3 Å². The first-order valence-corrected chi connectivity index (χ1v) is 5.98. The molecule has 1 aromatic carbocycles. The molecule has 4 heteroatoms. The maximum atomic E-state index is 4.40. The lowest BCUT2D eigenvalue weighted by Gasteiger charge is -2.08. The van der Waals surface area contributed by atoms with Gasteiger partial charge in [0.25, 0.3) is 0 Å². The lowest BCUT2D eigenvalue weighted by atomic mass is 10.1. The monoisotopic (exact) mass is 238 g/mol.